The van der Waals surface area contributed by atoms with Gasteiger partial charge in [0.1, 0.15) is 27.7 Å². The van der Waals surface area contributed by atoms with Crippen LogP contribution in [-0.4, -0.2) is 43.5 Å². The summed E-state index contributed by atoms with van der Waals surface area (Å²) >= 11 is 6.49. The SMILES string of the molecule is CC(NC(=O)c1cc(CCCO)ncn1)c1ncc(C(=O)Nc2cc(C(F)(F)F)c(Cl)cn2)s1. The van der Waals surface area contributed by atoms with E-state index in [1.807, 2.05) is 0 Å². The lowest BCUT2D eigenvalue weighted by molar-refractivity contribution is -0.137. The molecule has 0 aromatic carbocycles. The summed E-state index contributed by atoms with van der Waals surface area (Å²) in [6.45, 7) is 1.66. The third-order valence-corrected chi connectivity index (χ3v) is 5.90. The van der Waals surface area contributed by atoms with E-state index < -0.39 is 34.6 Å². The van der Waals surface area contributed by atoms with Crippen LogP contribution in [0.4, 0.5) is 19.0 Å². The number of aliphatic hydroxyl groups is 1. The molecule has 3 aromatic heterocycles. The van der Waals surface area contributed by atoms with Crippen molar-refractivity contribution in [3.05, 3.63) is 62.7 Å². The highest BCUT2D eigenvalue weighted by atomic mass is 35.5. The first-order valence-corrected chi connectivity index (χ1v) is 11.0. The lowest BCUT2D eigenvalue weighted by Gasteiger charge is -2.11. The van der Waals surface area contributed by atoms with Gasteiger partial charge in [0.2, 0.25) is 0 Å². The first-order chi connectivity index (χ1) is 16.1. The number of nitrogens with zero attached hydrogens (tertiary/aromatic N) is 4. The molecule has 3 N–H and O–H groups in total. The van der Waals surface area contributed by atoms with E-state index >= 15 is 0 Å². The number of halogens is 4. The van der Waals surface area contributed by atoms with Crippen molar-refractivity contribution < 1.29 is 27.9 Å². The summed E-state index contributed by atoms with van der Waals surface area (Å²) in [6.07, 6.45) is -0.399. The largest absolute Gasteiger partial charge is 0.418 e. The molecule has 0 aliphatic carbocycles. The number of nitrogens with one attached hydrogen (secondary N) is 2. The van der Waals surface area contributed by atoms with E-state index in [2.05, 4.69) is 30.6 Å². The monoisotopic (exact) mass is 514 g/mol. The molecule has 0 bridgehead atoms. The molecule has 0 aliphatic rings. The third kappa shape index (κ3) is 6.46. The molecule has 0 saturated carbocycles. The molecule has 180 valence electrons. The number of rotatable bonds is 8. The number of carbonyl (C=O) groups is 2. The van der Waals surface area contributed by atoms with Gasteiger partial charge >= 0.3 is 6.18 Å². The van der Waals surface area contributed by atoms with Crippen LogP contribution in [0.1, 0.15) is 55.8 Å². The number of aromatic nitrogens is 4. The lowest BCUT2D eigenvalue weighted by atomic mass is 10.2. The second-order valence-electron chi connectivity index (χ2n) is 6.98. The quantitative estimate of drug-likeness (QED) is 0.418. The number of amides is 2. The summed E-state index contributed by atoms with van der Waals surface area (Å²) < 4.78 is 39.0. The fraction of sp³-hybridized carbons (Fsp3) is 0.300. The van der Waals surface area contributed by atoms with Crippen molar-refractivity contribution in [1.82, 2.24) is 25.3 Å². The van der Waals surface area contributed by atoms with Crippen LogP contribution < -0.4 is 10.6 Å². The summed E-state index contributed by atoms with van der Waals surface area (Å²) in [6, 6.07) is 1.58. The van der Waals surface area contributed by atoms with Crippen LogP contribution in [0.15, 0.2) is 30.9 Å². The minimum atomic E-state index is -4.70. The van der Waals surface area contributed by atoms with Gasteiger partial charge in [0.05, 0.1) is 22.8 Å². The molecule has 1 atom stereocenters. The summed E-state index contributed by atoms with van der Waals surface area (Å²) in [5, 5.41) is 13.7. The molecule has 34 heavy (non-hydrogen) atoms. The average molecular weight is 515 g/mol. The summed E-state index contributed by atoms with van der Waals surface area (Å²) in [4.78, 5) is 40.9. The molecule has 0 saturated heterocycles. The van der Waals surface area contributed by atoms with Gasteiger partial charge in [-0.15, -0.1) is 11.3 Å². The number of alkyl halides is 3. The molecule has 0 fully saturated rings. The summed E-state index contributed by atoms with van der Waals surface area (Å²) in [5.41, 5.74) is -0.372. The van der Waals surface area contributed by atoms with E-state index in [4.69, 9.17) is 16.7 Å². The van der Waals surface area contributed by atoms with Crippen LogP contribution >= 0.6 is 22.9 Å². The van der Waals surface area contributed by atoms with E-state index in [-0.39, 0.29) is 23.0 Å². The van der Waals surface area contributed by atoms with Crippen LogP contribution in [0.25, 0.3) is 0 Å². The molecule has 3 aromatic rings. The van der Waals surface area contributed by atoms with Crippen molar-refractivity contribution in [2.45, 2.75) is 32.0 Å². The van der Waals surface area contributed by atoms with E-state index in [1.165, 1.54) is 18.6 Å². The number of carbonyl (C=O) groups excluding carboxylic acids is 2. The van der Waals surface area contributed by atoms with Gasteiger partial charge in [-0.2, -0.15) is 13.2 Å². The van der Waals surface area contributed by atoms with E-state index in [9.17, 15) is 22.8 Å². The van der Waals surface area contributed by atoms with Crippen LogP contribution in [0.5, 0.6) is 0 Å². The number of hydrogen-bond acceptors (Lipinski definition) is 8. The molecule has 3 rings (SSSR count). The van der Waals surface area contributed by atoms with E-state index in [0.717, 1.165) is 17.5 Å². The fourth-order valence-electron chi connectivity index (χ4n) is 2.75. The van der Waals surface area contributed by atoms with Crippen molar-refractivity contribution in [1.29, 1.82) is 0 Å². The van der Waals surface area contributed by atoms with Gasteiger partial charge in [-0.1, -0.05) is 11.6 Å². The standard InChI is InChI=1S/C20H18ClF3N6O3S/c1-10(29-17(32)14-5-11(3-2-4-31)27-9-28-14)19-26-8-15(34-19)18(33)30-16-6-12(20(22,23)24)13(21)7-25-16/h5-10,31H,2-4H2,1H3,(H,29,32)(H,25,30,33). The van der Waals surface area contributed by atoms with Gasteiger partial charge in [-0.3, -0.25) is 9.59 Å². The summed E-state index contributed by atoms with van der Waals surface area (Å²) in [5.74, 6) is -1.51. The average Bonchev–Trinajstić information content (AvgIpc) is 3.29. The third-order valence-electron chi connectivity index (χ3n) is 4.42. The Labute approximate surface area is 200 Å². The van der Waals surface area contributed by atoms with Gasteiger partial charge in [-0.25, -0.2) is 19.9 Å². The van der Waals surface area contributed by atoms with Crippen molar-refractivity contribution in [3.63, 3.8) is 0 Å². The predicted octanol–water partition coefficient (Wildman–Crippen LogP) is 3.67. The van der Waals surface area contributed by atoms with E-state index in [1.54, 1.807) is 6.92 Å². The van der Waals surface area contributed by atoms with Crippen LogP contribution in [0, 0.1) is 0 Å². The van der Waals surface area contributed by atoms with Crippen LogP contribution in [0.2, 0.25) is 5.02 Å². The maximum absolute atomic E-state index is 13.0. The Balaban J connectivity index is 1.65. The van der Waals surface area contributed by atoms with Gasteiger partial charge in [0.15, 0.2) is 0 Å². The highest BCUT2D eigenvalue weighted by Crippen LogP contribution is 2.35. The van der Waals surface area contributed by atoms with Crippen LogP contribution in [0.3, 0.4) is 0 Å². The Bertz CT molecular complexity index is 1190. The lowest BCUT2D eigenvalue weighted by Crippen LogP contribution is -2.27. The maximum Gasteiger partial charge on any atom is 0.418 e. The molecule has 0 spiro atoms. The molecule has 2 amide bonds. The molecule has 14 heteroatoms. The molecule has 0 radical (unpaired) electrons. The number of aryl methyl sites for hydroxylation is 1. The predicted molar refractivity (Wildman–Crippen MR) is 118 cm³/mol. The first kappa shape index (κ1) is 25.5. The van der Waals surface area contributed by atoms with Crippen LogP contribution in [-0.2, 0) is 12.6 Å². The van der Waals surface area contributed by atoms with Gasteiger partial charge in [-0.05, 0) is 31.9 Å². The van der Waals surface area contributed by atoms with E-state index in [0.29, 0.717) is 29.6 Å². The normalized spacial score (nSPS) is 12.3. The second kappa shape index (κ2) is 10.8. The van der Waals surface area contributed by atoms with Crippen molar-refractivity contribution in [2.75, 3.05) is 11.9 Å². The minimum Gasteiger partial charge on any atom is -0.396 e. The number of hydrogen-bond donors (Lipinski definition) is 3. The van der Waals surface area contributed by atoms with Gasteiger partial charge in [0.25, 0.3) is 11.8 Å². The Morgan fingerprint density at radius 2 is 1.91 bits per heavy atom. The molecule has 9 nitrogen and oxygen atoms in total. The number of pyridine rings is 1. The fourth-order valence-corrected chi connectivity index (χ4v) is 3.77. The van der Waals surface area contributed by atoms with Gasteiger partial charge < -0.3 is 15.7 Å². The van der Waals surface area contributed by atoms with Crippen molar-refractivity contribution in [3.8, 4) is 0 Å². The zero-order valence-corrected chi connectivity index (χ0v) is 19.1. The molecule has 1 unspecified atom stereocenters. The second-order valence-corrected chi connectivity index (χ2v) is 8.45. The van der Waals surface area contributed by atoms with Crippen molar-refractivity contribution in [2.24, 2.45) is 0 Å². The smallest absolute Gasteiger partial charge is 0.396 e. The summed E-state index contributed by atoms with van der Waals surface area (Å²) in [7, 11) is 0. The highest BCUT2D eigenvalue weighted by Gasteiger charge is 2.34. The Kier molecular flexibility index (Phi) is 8.12. The molecule has 3 heterocycles. The maximum atomic E-state index is 13.0. The molecule has 0 aliphatic heterocycles. The highest BCUT2D eigenvalue weighted by molar-refractivity contribution is 7.13. The number of thiazole rings is 1. The Hall–Kier alpha value is -3.16. The molecular weight excluding hydrogens is 497 g/mol. The van der Waals surface area contributed by atoms with Crippen molar-refractivity contribution >= 4 is 40.6 Å². The molecular formula is C20H18ClF3N6O3S. The first-order valence-electron chi connectivity index (χ1n) is 9.81. The zero-order chi connectivity index (χ0) is 24.9. The minimum absolute atomic E-state index is 0.0000966. The van der Waals surface area contributed by atoms with Gasteiger partial charge in [0, 0.05) is 18.5 Å². The topological polar surface area (TPSA) is 130 Å². The number of aliphatic hydroxyl groups excluding tert-OH is 1. The Morgan fingerprint density at radius 1 is 1.15 bits per heavy atom. The number of anilines is 1. The Morgan fingerprint density at radius 3 is 2.62 bits per heavy atom. The zero-order valence-electron chi connectivity index (χ0n) is 17.6.